The van der Waals surface area contributed by atoms with Crippen LogP contribution in [0.5, 0.6) is 0 Å². The van der Waals surface area contributed by atoms with Gasteiger partial charge in [-0.3, -0.25) is 0 Å². The number of hydrogen-bond donors (Lipinski definition) is 2. The molecule has 1 aliphatic carbocycles. The van der Waals surface area contributed by atoms with Gasteiger partial charge in [-0.05, 0) is 11.8 Å². The Morgan fingerprint density at radius 1 is 1.33 bits per heavy atom. The second-order valence-corrected chi connectivity index (χ2v) is 4.28. The molecule has 0 aromatic rings. The highest BCUT2D eigenvalue weighted by molar-refractivity contribution is 6.01. The van der Waals surface area contributed by atoms with Crippen molar-refractivity contribution in [2.75, 3.05) is 7.11 Å². The Hall–Kier alpha value is -1.36. The predicted octanol–water partition coefficient (Wildman–Crippen LogP) is 0.897. The molecule has 1 rings (SSSR count). The topological polar surface area (TPSA) is 83.8 Å². The summed E-state index contributed by atoms with van der Waals surface area (Å²) in [5.41, 5.74) is -0.676. The number of hydrogen-bond acceptors (Lipinski definition) is 3. The Kier molecular flexibility index (Phi) is 2.86. The summed E-state index contributed by atoms with van der Waals surface area (Å²) in [5.74, 6) is -2.40. The van der Waals surface area contributed by atoms with Gasteiger partial charge in [0.2, 0.25) is 0 Å². The van der Waals surface area contributed by atoms with E-state index in [2.05, 4.69) is 0 Å². The smallest absolute Gasteiger partial charge is 0.334 e. The maximum absolute atomic E-state index is 11.0. The SMILES string of the molecule is CO[C@H]1C(C(=O)O)=C(C(=O)O)CC1(C)C. The Morgan fingerprint density at radius 2 is 1.87 bits per heavy atom. The van der Waals surface area contributed by atoms with E-state index in [-0.39, 0.29) is 17.6 Å². The first-order valence-electron chi connectivity index (χ1n) is 4.53. The van der Waals surface area contributed by atoms with Crippen molar-refractivity contribution in [2.45, 2.75) is 26.4 Å². The van der Waals surface area contributed by atoms with Crippen LogP contribution in [-0.4, -0.2) is 35.4 Å². The summed E-state index contributed by atoms with van der Waals surface area (Å²) in [7, 11) is 1.39. The van der Waals surface area contributed by atoms with E-state index in [0.29, 0.717) is 0 Å². The van der Waals surface area contributed by atoms with E-state index in [4.69, 9.17) is 14.9 Å². The lowest BCUT2D eigenvalue weighted by Crippen LogP contribution is -2.30. The third-order valence-electron chi connectivity index (χ3n) is 2.65. The van der Waals surface area contributed by atoms with E-state index in [9.17, 15) is 9.59 Å². The van der Waals surface area contributed by atoms with E-state index in [1.165, 1.54) is 7.11 Å². The number of ether oxygens (including phenoxy) is 1. The van der Waals surface area contributed by atoms with Gasteiger partial charge in [0, 0.05) is 7.11 Å². The summed E-state index contributed by atoms with van der Waals surface area (Å²) < 4.78 is 5.08. The van der Waals surface area contributed by atoms with Gasteiger partial charge < -0.3 is 14.9 Å². The standard InChI is InChI=1S/C10H14O5/c1-10(2)4-5(8(11)12)6(9(13)14)7(10)15-3/h7H,4H2,1-3H3,(H,11,12)(H,13,14)/t7-/m0/s1. The molecule has 1 aliphatic rings. The minimum atomic E-state index is -1.22. The number of aliphatic carboxylic acids is 2. The van der Waals surface area contributed by atoms with Crippen LogP contribution in [0.4, 0.5) is 0 Å². The molecule has 0 aromatic carbocycles. The Balaban J connectivity index is 3.24. The maximum atomic E-state index is 11.0. The average Bonchev–Trinajstić information content (AvgIpc) is 2.36. The summed E-state index contributed by atoms with van der Waals surface area (Å²) in [6.07, 6.45) is -0.455. The quantitative estimate of drug-likeness (QED) is 0.729. The van der Waals surface area contributed by atoms with Gasteiger partial charge in [0.25, 0.3) is 0 Å². The van der Waals surface area contributed by atoms with E-state index >= 15 is 0 Å². The zero-order valence-corrected chi connectivity index (χ0v) is 8.90. The second kappa shape index (κ2) is 3.66. The molecular weight excluding hydrogens is 200 g/mol. The van der Waals surface area contributed by atoms with Gasteiger partial charge in [0.1, 0.15) is 0 Å². The zero-order chi connectivity index (χ0) is 11.8. The van der Waals surface area contributed by atoms with Crippen molar-refractivity contribution >= 4 is 11.9 Å². The van der Waals surface area contributed by atoms with Gasteiger partial charge in [-0.15, -0.1) is 0 Å². The molecule has 0 spiro atoms. The summed E-state index contributed by atoms with van der Waals surface area (Å²) in [6, 6.07) is 0. The fourth-order valence-corrected chi connectivity index (χ4v) is 2.06. The van der Waals surface area contributed by atoms with Crippen LogP contribution >= 0.6 is 0 Å². The van der Waals surface area contributed by atoms with Crippen molar-refractivity contribution in [1.29, 1.82) is 0 Å². The lowest BCUT2D eigenvalue weighted by Gasteiger charge is -2.26. The molecule has 2 N–H and O–H groups in total. The lowest BCUT2D eigenvalue weighted by molar-refractivity contribution is -0.136. The van der Waals surface area contributed by atoms with Crippen LogP contribution < -0.4 is 0 Å². The molecule has 15 heavy (non-hydrogen) atoms. The minimum absolute atomic E-state index is 0.0562. The van der Waals surface area contributed by atoms with Gasteiger partial charge in [-0.1, -0.05) is 13.8 Å². The van der Waals surface area contributed by atoms with E-state index in [0.717, 1.165) is 0 Å². The van der Waals surface area contributed by atoms with Gasteiger partial charge in [-0.2, -0.15) is 0 Å². The van der Waals surface area contributed by atoms with Crippen LogP contribution in [0.3, 0.4) is 0 Å². The first-order chi connectivity index (χ1) is 6.81. The van der Waals surface area contributed by atoms with E-state index < -0.39 is 23.5 Å². The fraction of sp³-hybridized carbons (Fsp3) is 0.600. The number of carboxylic acid groups (broad SMARTS) is 2. The molecule has 0 bridgehead atoms. The third kappa shape index (κ3) is 1.87. The van der Waals surface area contributed by atoms with Crippen LogP contribution in [0.2, 0.25) is 0 Å². The fourth-order valence-electron chi connectivity index (χ4n) is 2.06. The number of methoxy groups -OCH3 is 1. The largest absolute Gasteiger partial charge is 0.478 e. The highest BCUT2D eigenvalue weighted by atomic mass is 16.5. The highest BCUT2D eigenvalue weighted by Gasteiger charge is 2.46. The van der Waals surface area contributed by atoms with Crippen LogP contribution in [-0.2, 0) is 14.3 Å². The van der Waals surface area contributed by atoms with E-state index in [1.807, 2.05) is 0 Å². The second-order valence-electron chi connectivity index (χ2n) is 4.28. The summed E-state index contributed by atoms with van der Waals surface area (Å²) >= 11 is 0. The third-order valence-corrected chi connectivity index (χ3v) is 2.65. The van der Waals surface area contributed by atoms with Crippen molar-refractivity contribution < 1.29 is 24.5 Å². The van der Waals surface area contributed by atoms with Crippen LogP contribution in [0.15, 0.2) is 11.1 Å². The maximum Gasteiger partial charge on any atom is 0.334 e. The molecule has 5 nitrogen and oxygen atoms in total. The molecule has 0 radical (unpaired) electrons. The summed E-state index contributed by atoms with van der Waals surface area (Å²) in [4.78, 5) is 21.9. The zero-order valence-electron chi connectivity index (χ0n) is 8.90. The van der Waals surface area contributed by atoms with Gasteiger partial charge in [0.15, 0.2) is 0 Å². The van der Waals surface area contributed by atoms with Gasteiger partial charge >= 0.3 is 11.9 Å². The van der Waals surface area contributed by atoms with Crippen molar-refractivity contribution in [1.82, 2.24) is 0 Å². The first kappa shape index (κ1) is 11.7. The molecule has 0 heterocycles. The first-order valence-corrected chi connectivity index (χ1v) is 4.53. The Labute approximate surface area is 87.4 Å². The number of rotatable bonds is 3. The van der Waals surface area contributed by atoms with Crippen molar-refractivity contribution in [2.24, 2.45) is 5.41 Å². The molecule has 84 valence electrons. The van der Waals surface area contributed by atoms with Crippen molar-refractivity contribution in [3.05, 3.63) is 11.1 Å². The lowest BCUT2D eigenvalue weighted by atomic mass is 9.86. The Bertz CT molecular complexity index is 340. The molecule has 0 fully saturated rings. The van der Waals surface area contributed by atoms with Crippen molar-refractivity contribution in [3.63, 3.8) is 0 Å². The average molecular weight is 214 g/mol. The molecule has 0 aliphatic heterocycles. The molecule has 0 aromatic heterocycles. The molecule has 1 atom stereocenters. The molecule has 0 unspecified atom stereocenters. The molecule has 0 saturated heterocycles. The number of carbonyl (C=O) groups is 2. The van der Waals surface area contributed by atoms with Gasteiger partial charge in [-0.25, -0.2) is 9.59 Å². The van der Waals surface area contributed by atoms with Gasteiger partial charge in [0.05, 0.1) is 17.3 Å². The predicted molar refractivity (Wildman–Crippen MR) is 51.5 cm³/mol. The van der Waals surface area contributed by atoms with Crippen LogP contribution in [0, 0.1) is 5.41 Å². The Morgan fingerprint density at radius 3 is 2.20 bits per heavy atom. The normalized spacial score (nSPS) is 24.3. The monoisotopic (exact) mass is 214 g/mol. The highest BCUT2D eigenvalue weighted by Crippen LogP contribution is 2.43. The molecule has 0 saturated carbocycles. The van der Waals surface area contributed by atoms with Crippen LogP contribution in [0.1, 0.15) is 20.3 Å². The van der Waals surface area contributed by atoms with Crippen molar-refractivity contribution in [3.8, 4) is 0 Å². The van der Waals surface area contributed by atoms with Crippen LogP contribution in [0.25, 0.3) is 0 Å². The molecule has 5 heteroatoms. The minimum Gasteiger partial charge on any atom is -0.478 e. The summed E-state index contributed by atoms with van der Waals surface area (Å²) in [6.45, 7) is 3.58. The van der Waals surface area contributed by atoms with E-state index in [1.54, 1.807) is 13.8 Å². The molecule has 0 amide bonds. The molecular formula is C10H14O5. The summed E-state index contributed by atoms with van der Waals surface area (Å²) in [5, 5.41) is 17.9. The number of carboxylic acids is 2.